The van der Waals surface area contributed by atoms with Crippen LogP contribution in [0.1, 0.15) is 6.92 Å². The third-order valence-electron chi connectivity index (χ3n) is 4.57. The maximum Gasteiger partial charge on any atom is 0.407 e. The maximum absolute atomic E-state index is 11.2. The fourth-order valence-corrected chi connectivity index (χ4v) is 3.39. The van der Waals surface area contributed by atoms with Crippen LogP contribution in [0.15, 0.2) is 10.8 Å². The highest BCUT2D eigenvalue weighted by atomic mass is 35.5. The van der Waals surface area contributed by atoms with E-state index in [1.807, 2.05) is 11.5 Å². The Morgan fingerprint density at radius 1 is 1.48 bits per heavy atom. The summed E-state index contributed by atoms with van der Waals surface area (Å²) in [4.78, 5) is 21.1. The zero-order chi connectivity index (χ0) is 20.5. The predicted octanol–water partition coefficient (Wildman–Crippen LogP) is 1.49. The number of rotatable bonds is 5. The molecule has 0 aliphatic carbocycles. The van der Waals surface area contributed by atoms with Crippen molar-refractivity contribution in [1.29, 1.82) is 0 Å². The lowest BCUT2D eigenvalue weighted by atomic mass is 10.3. The van der Waals surface area contributed by atoms with Crippen LogP contribution >= 0.6 is 11.6 Å². The first kappa shape index (κ1) is 19.2. The highest BCUT2D eigenvalue weighted by molar-refractivity contribution is 6.34. The average Bonchev–Trinajstić information content (AvgIpc) is 3.31. The number of halogens is 1. The first-order valence-corrected chi connectivity index (χ1v) is 9.22. The molecule has 0 aromatic carbocycles. The molecule has 1 aliphatic rings. The molecule has 1 amide bonds. The summed E-state index contributed by atoms with van der Waals surface area (Å²) in [7, 11) is 0. The molecule has 0 saturated carbocycles. The lowest BCUT2D eigenvalue weighted by Crippen LogP contribution is -2.47. The molecule has 4 rings (SSSR count). The van der Waals surface area contributed by atoms with Crippen molar-refractivity contribution in [2.45, 2.75) is 19.6 Å². The topological polar surface area (TPSA) is 155 Å². The van der Waals surface area contributed by atoms with E-state index >= 15 is 0 Å². The number of imidazole rings is 1. The Hall–Kier alpha value is -3.12. The Balaban J connectivity index is 1.66. The number of ether oxygens (including phenoxy) is 2. The number of hydrogen-bond acceptors (Lipinski definition) is 9. The van der Waals surface area contributed by atoms with E-state index in [-0.39, 0.29) is 29.8 Å². The third kappa shape index (κ3) is 3.51. The number of carboxylic acid groups (broad SMARTS) is 1. The highest BCUT2D eigenvalue weighted by Gasteiger charge is 2.26. The van der Waals surface area contributed by atoms with Gasteiger partial charge in [0, 0.05) is 13.1 Å². The maximum atomic E-state index is 11.2. The highest BCUT2D eigenvalue weighted by Crippen LogP contribution is 2.34. The number of pyridine rings is 1. The number of carbonyl (C=O) groups is 1. The lowest BCUT2D eigenvalue weighted by Gasteiger charge is -2.30. The largest absolute Gasteiger partial charge is 0.487 e. The molecule has 3 N–H and O–H groups in total. The van der Waals surface area contributed by atoms with Crippen LogP contribution in [0.3, 0.4) is 0 Å². The third-order valence-corrected chi connectivity index (χ3v) is 4.84. The Labute approximate surface area is 169 Å². The molecular formula is C16H18ClN7O5. The van der Waals surface area contributed by atoms with Gasteiger partial charge < -0.3 is 29.8 Å². The number of hydrogen-bond donors (Lipinski definition) is 2. The van der Waals surface area contributed by atoms with Crippen LogP contribution in [-0.2, 0) is 11.3 Å². The van der Waals surface area contributed by atoms with Gasteiger partial charge in [-0.15, -0.1) is 0 Å². The monoisotopic (exact) mass is 423 g/mol. The van der Waals surface area contributed by atoms with Gasteiger partial charge in [-0.05, 0) is 17.2 Å². The van der Waals surface area contributed by atoms with Gasteiger partial charge in [0.05, 0.1) is 19.3 Å². The molecule has 154 valence electrons. The molecule has 0 bridgehead atoms. The summed E-state index contributed by atoms with van der Waals surface area (Å²) < 4.78 is 18.0. The summed E-state index contributed by atoms with van der Waals surface area (Å²) in [5.74, 6) is 0.953. The molecule has 0 unspecified atom stereocenters. The number of aromatic nitrogens is 5. The van der Waals surface area contributed by atoms with Crippen molar-refractivity contribution in [3.8, 4) is 17.3 Å². The normalized spacial score (nSPS) is 17.0. The van der Waals surface area contributed by atoms with Crippen molar-refractivity contribution >= 4 is 34.5 Å². The second-order valence-electron chi connectivity index (χ2n) is 6.32. The van der Waals surface area contributed by atoms with Crippen molar-refractivity contribution < 1.29 is 24.0 Å². The van der Waals surface area contributed by atoms with E-state index in [9.17, 15) is 4.79 Å². The smallest absolute Gasteiger partial charge is 0.407 e. The van der Waals surface area contributed by atoms with Crippen molar-refractivity contribution in [2.24, 2.45) is 0 Å². The zero-order valence-electron chi connectivity index (χ0n) is 15.4. The standard InChI is InChI=1S/C16H18ClN7O5/c1-2-24-12-9(28-7-8-6-23(16(25)26)3-4-27-8)5-19-13(17)10(12)20-15(24)11-14(18)22-29-21-11/h5,8H,2-4,6-7H2,1H3,(H2,18,22)(H,25,26)/t8-/m0/s1. The van der Waals surface area contributed by atoms with Crippen LogP contribution in [0.5, 0.6) is 5.75 Å². The summed E-state index contributed by atoms with van der Waals surface area (Å²) in [6.45, 7) is 3.43. The van der Waals surface area contributed by atoms with E-state index in [4.69, 9.17) is 31.9 Å². The van der Waals surface area contributed by atoms with E-state index < -0.39 is 12.2 Å². The van der Waals surface area contributed by atoms with Crippen molar-refractivity contribution in [3.05, 3.63) is 11.3 Å². The molecule has 1 atom stereocenters. The van der Waals surface area contributed by atoms with Gasteiger partial charge in [0.25, 0.3) is 0 Å². The van der Waals surface area contributed by atoms with E-state index in [0.717, 1.165) is 0 Å². The van der Waals surface area contributed by atoms with Crippen molar-refractivity contribution in [3.63, 3.8) is 0 Å². The van der Waals surface area contributed by atoms with Crippen LogP contribution in [0.25, 0.3) is 22.6 Å². The molecule has 0 spiro atoms. The van der Waals surface area contributed by atoms with Crippen LogP contribution in [0.4, 0.5) is 10.6 Å². The van der Waals surface area contributed by atoms with Gasteiger partial charge in [0.15, 0.2) is 28.2 Å². The van der Waals surface area contributed by atoms with Crippen LogP contribution in [0.2, 0.25) is 5.15 Å². The van der Waals surface area contributed by atoms with Gasteiger partial charge in [0.1, 0.15) is 23.7 Å². The van der Waals surface area contributed by atoms with Crippen molar-refractivity contribution in [1.82, 2.24) is 29.7 Å². The Morgan fingerprint density at radius 2 is 2.31 bits per heavy atom. The van der Waals surface area contributed by atoms with E-state index in [1.54, 1.807) is 0 Å². The molecule has 12 nitrogen and oxygen atoms in total. The van der Waals surface area contributed by atoms with Crippen molar-refractivity contribution in [2.75, 3.05) is 32.0 Å². The van der Waals surface area contributed by atoms with Gasteiger partial charge in [-0.3, -0.25) is 0 Å². The molecule has 0 radical (unpaired) electrons. The van der Waals surface area contributed by atoms with E-state index in [1.165, 1.54) is 11.1 Å². The summed E-state index contributed by atoms with van der Waals surface area (Å²) in [5, 5.41) is 16.8. The molecule has 1 saturated heterocycles. The zero-order valence-corrected chi connectivity index (χ0v) is 16.2. The molecule has 3 aromatic rings. The van der Waals surface area contributed by atoms with Gasteiger partial charge in [-0.25, -0.2) is 19.4 Å². The Bertz CT molecular complexity index is 1050. The van der Waals surface area contributed by atoms with E-state index in [2.05, 4.69) is 24.9 Å². The van der Waals surface area contributed by atoms with Gasteiger partial charge in [-0.1, -0.05) is 11.6 Å². The number of nitrogens with two attached hydrogens (primary N) is 1. The van der Waals surface area contributed by atoms with Gasteiger partial charge in [0.2, 0.25) is 0 Å². The molecule has 3 aromatic heterocycles. The lowest BCUT2D eigenvalue weighted by molar-refractivity contribution is -0.0410. The number of amides is 1. The number of fused-ring (bicyclic) bond motifs is 1. The fourth-order valence-electron chi connectivity index (χ4n) is 3.21. The number of anilines is 1. The van der Waals surface area contributed by atoms with Crippen LogP contribution < -0.4 is 10.5 Å². The second kappa shape index (κ2) is 7.72. The first-order chi connectivity index (χ1) is 14.0. The molecule has 13 heteroatoms. The minimum atomic E-state index is -0.985. The van der Waals surface area contributed by atoms with Gasteiger partial charge >= 0.3 is 6.09 Å². The first-order valence-electron chi connectivity index (χ1n) is 8.85. The fraction of sp³-hybridized carbons (Fsp3) is 0.438. The van der Waals surface area contributed by atoms with Gasteiger partial charge in [-0.2, -0.15) is 0 Å². The summed E-state index contributed by atoms with van der Waals surface area (Å²) >= 11 is 6.25. The summed E-state index contributed by atoms with van der Waals surface area (Å²) in [6, 6.07) is 0. The predicted molar refractivity (Wildman–Crippen MR) is 101 cm³/mol. The minimum absolute atomic E-state index is 0.103. The molecule has 1 aliphatic heterocycles. The molecular weight excluding hydrogens is 406 g/mol. The number of nitrogen functional groups attached to an aromatic ring is 1. The van der Waals surface area contributed by atoms with E-state index in [0.29, 0.717) is 42.3 Å². The quantitative estimate of drug-likeness (QED) is 0.576. The number of aryl methyl sites for hydroxylation is 1. The number of morpholine rings is 1. The summed E-state index contributed by atoms with van der Waals surface area (Å²) in [5.41, 5.74) is 7.13. The summed E-state index contributed by atoms with van der Waals surface area (Å²) in [6.07, 6.45) is 0.101. The molecule has 4 heterocycles. The minimum Gasteiger partial charge on any atom is -0.487 e. The Morgan fingerprint density at radius 3 is 3.00 bits per heavy atom. The second-order valence-corrected chi connectivity index (χ2v) is 6.68. The SMILES string of the molecule is CCn1c(-c2nonc2N)nc2c(Cl)ncc(OC[C@@H]3CN(C(=O)O)CCO3)c21. The molecule has 1 fully saturated rings. The molecule has 29 heavy (non-hydrogen) atoms. The van der Waals surface area contributed by atoms with Crippen LogP contribution in [-0.4, -0.2) is 73.4 Å². The average molecular weight is 424 g/mol. The Kier molecular flexibility index (Phi) is 5.11. The number of nitrogens with zero attached hydrogens (tertiary/aromatic N) is 6. The van der Waals surface area contributed by atoms with Crippen LogP contribution in [0, 0.1) is 0 Å².